The van der Waals surface area contributed by atoms with Crippen molar-refractivity contribution in [3.05, 3.63) is 20.9 Å². The molecule has 0 aromatic carbocycles. The minimum atomic E-state index is -0.928. The van der Waals surface area contributed by atoms with Crippen LogP contribution < -0.4 is 10.6 Å². The van der Waals surface area contributed by atoms with Crippen molar-refractivity contribution in [3.8, 4) is 10.8 Å². The number of rotatable bonds is 12. The van der Waals surface area contributed by atoms with Crippen molar-refractivity contribution < 1.29 is 38.1 Å². The Hall–Kier alpha value is -3.28. The van der Waals surface area contributed by atoms with Gasteiger partial charge < -0.3 is 24.3 Å². The summed E-state index contributed by atoms with van der Waals surface area (Å²) in [5.74, 6) is -1.74. The van der Waals surface area contributed by atoms with Crippen molar-refractivity contribution >= 4 is 80.1 Å². The van der Waals surface area contributed by atoms with Crippen molar-refractivity contribution in [2.45, 2.75) is 37.5 Å². The van der Waals surface area contributed by atoms with Gasteiger partial charge in [0.15, 0.2) is 6.79 Å². The molecule has 2 heterocycles. The summed E-state index contributed by atoms with van der Waals surface area (Å²) in [6, 6.07) is 0. The summed E-state index contributed by atoms with van der Waals surface area (Å²) < 4.78 is 20.0. The van der Waals surface area contributed by atoms with E-state index in [1.807, 2.05) is 10.8 Å². The van der Waals surface area contributed by atoms with Gasteiger partial charge in [0, 0.05) is 0 Å². The predicted octanol–water partition coefficient (Wildman–Crippen LogP) is 5.09. The van der Waals surface area contributed by atoms with E-state index in [1.54, 1.807) is 27.7 Å². The monoisotopic (exact) mass is 598 g/mol. The first-order chi connectivity index (χ1) is 18.2. The van der Waals surface area contributed by atoms with E-state index in [4.69, 9.17) is 29.5 Å². The number of thioether (sulfide) groups is 2. The van der Waals surface area contributed by atoms with Gasteiger partial charge in [0.2, 0.25) is 0 Å². The molecule has 2 amide bonds. The summed E-state index contributed by atoms with van der Waals surface area (Å²) in [4.78, 5) is 50.1. The Morgan fingerprint density at radius 1 is 0.816 bits per heavy atom. The minimum absolute atomic E-state index is 0.170. The normalized spacial score (nSPS) is 10.2. The number of ether oxygens (including phenoxy) is 4. The van der Waals surface area contributed by atoms with Gasteiger partial charge in [-0.2, -0.15) is 10.5 Å². The first-order valence-electron chi connectivity index (χ1n) is 10.7. The first kappa shape index (κ1) is 30.9. The fraction of sp³-hybridized carbons (Fsp3) is 0.364. The van der Waals surface area contributed by atoms with E-state index in [0.717, 1.165) is 46.2 Å². The lowest BCUT2D eigenvalue weighted by molar-refractivity contribution is -0.124. The van der Waals surface area contributed by atoms with Crippen molar-refractivity contribution in [2.75, 3.05) is 37.2 Å². The number of esters is 2. The molecule has 0 radical (unpaired) electrons. The minimum Gasteiger partial charge on any atom is -0.462 e. The van der Waals surface area contributed by atoms with Crippen LogP contribution in [0.3, 0.4) is 0 Å². The molecule has 0 saturated carbocycles. The Morgan fingerprint density at radius 2 is 1.29 bits per heavy atom. The van der Waals surface area contributed by atoms with Crippen LogP contribution in [0, 0.1) is 35.2 Å². The van der Waals surface area contributed by atoms with Crippen molar-refractivity contribution in [1.29, 1.82) is 10.5 Å². The molecule has 0 unspecified atom stereocenters. The zero-order valence-corrected chi connectivity index (χ0v) is 23.9. The van der Waals surface area contributed by atoms with E-state index in [2.05, 4.69) is 10.6 Å². The molecule has 2 aromatic rings. The van der Waals surface area contributed by atoms with E-state index in [1.165, 1.54) is 0 Å². The third-order valence-corrected chi connectivity index (χ3v) is 8.62. The maximum absolute atomic E-state index is 12.3. The number of thiophene rings is 2. The zero-order chi connectivity index (χ0) is 28.2. The van der Waals surface area contributed by atoms with E-state index in [0.29, 0.717) is 20.9 Å². The number of carbonyl (C=O) groups is 4. The zero-order valence-electron chi connectivity index (χ0n) is 20.6. The smallest absolute Gasteiger partial charge is 0.414 e. The molecule has 0 atom stereocenters. The third-order valence-electron chi connectivity index (χ3n) is 4.38. The number of carbonyl (C=O) groups excluding carboxylic acids is 4. The van der Waals surface area contributed by atoms with Gasteiger partial charge in [-0.3, -0.25) is 10.1 Å². The van der Waals surface area contributed by atoms with Gasteiger partial charge in [-0.25, -0.2) is 14.4 Å². The quantitative estimate of drug-likeness (QED) is 0.0827. The Morgan fingerprint density at radius 3 is 1.74 bits per heavy atom. The van der Waals surface area contributed by atoms with Gasteiger partial charge >= 0.3 is 18.0 Å². The largest absolute Gasteiger partial charge is 0.462 e. The second-order valence-electron chi connectivity index (χ2n) is 6.83. The summed E-state index contributed by atoms with van der Waals surface area (Å²) in [7, 11) is 0. The Balaban J connectivity index is 1.94. The van der Waals surface area contributed by atoms with E-state index in [9.17, 15) is 19.2 Å². The SMILES string of the molecule is CCOC(=O)c1sc(NC(=O)COCOC(=O)Nc2sc(C(=O)OCC)c(C)c2SC#N)c(SC#N)c1C. The van der Waals surface area contributed by atoms with Gasteiger partial charge in [0.1, 0.15) is 37.2 Å². The lowest BCUT2D eigenvalue weighted by Gasteiger charge is -2.08. The van der Waals surface area contributed by atoms with Crippen LogP contribution in [0.4, 0.5) is 14.8 Å². The third kappa shape index (κ3) is 8.11. The van der Waals surface area contributed by atoms with Crippen LogP contribution in [0.2, 0.25) is 0 Å². The van der Waals surface area contributed by atoms with E-state index in [-0.39, 0.29) is 33.0 Å². The average molecular weight is 599 g/mol. The number of nitriles is 2. The topological polar surface area (TPSA) is 177 Å². The van der Waals surface area contributed by atoms with Crippen LogP contribution in [0.25, 0.3) is 0 Å². The molecule has 12 nitrogen and oxygen atoms in total. The molecule has 0 bridgehead atoms. The van der Waals surface area contributed by atoms with Crippen LogP contribution >= 0.6 is 46.2 Å². The number of anilines is 2. The van der Waals surface area contributed by atoms with Crippen molar-refractivity contribution in [3.63, 3.8) is 0 Å². The fourth-order valence-electron chi connectivity index (χ4n) is 2.80. The van der Waals surface area contributed by atoms with Crippen LogP contribution in [0.1, 0.15) is 44.3 Å². The molecular weight excluding hydrogens is 577 g/mol. The lowest BCUT2D eigenvalue weighted by atomic mass is 10.3. The van der Waals surface area contributed by atoms with Gasteiger partial charge in [-0.1, -0.05) is 0 Å². The summed E-state index contributed by atoms with van der Waals surface area (Å²) >= 11 is 3.49. The lowest BCUT2D eigenvalue weighted by Crippen LogP contribution is -2.21. The Kier molecular flexibility index (Phi) is 12.4. The van der Waals surface area contributed by atoms with Gasteiger partial charge in [0.25, 0.3) is 5.91 Å². The summed E-state index contributed by atoms with van der Waals surface area (Å²) in [6.07, 6.45) is -0.928. The number of nitrogens with one attached hydrogen (secondary N) is 2. The molecule has 0 aliphatic heterocycles. The first-order valence-corrected chi connectivity index (χ1v) is 14.0. The molecular formula is C22H22N4O8S4. The second kappa shape index (κ2) is 15.2. The van der Waals surface area contributed by atoms with Gasteiger partial charge in [-0.15, -0.1) is 22.7 Å². The molecule has 0 fully saturated rings. The van der Waals surface area contributed by atoms with Crippen LogP contribution in [-0.2, 0) is 23.7 Å². The summed E-state index contributed by atoms with van der Waals surface area (Å²) in [5, 5.41) is 27.5. The maximum atomic E-state index is 12.3. The van der Waals surface area contributed by atoms with Crippen molar-refractivity contribution in [2.24, 2.45) is 0 Å². The highest BCUT2D eigenvalue weighted by atomic mass is 32.2. The standard InChI is InChI=1S/C22H22N4O8S4/c1-5-32-20(28)16-11(3)14(35-8-23)18(37-16)25-13(27)7-31-10-34-22(30)26-19-15(36-9-24)12(4)17(38-19)21(29)33-6-2/h5-7,10H2,1-4H3,(H,25,27)(H,26,30). The molecule has 0 aliphatic carbocycles. The average Bonchev–Trinajstić information content (AvgIpc) is 3.34. The highest BCUT2D eigenvalue weighted by Crippen LogP contribution is 2.41. The van der Waals surface area contributed by atoms with E-state index >= 15 is 0 Å². The molecule has 2 aromatic heterocycles. The number of hydrogen-bond acceptors (Lipinski definition) is 14. The molecule has 2 N–H and O–H groups in total. The number of thiocyanates is 2. The maximum Gasteiger partial charge on any atom is 0.414 e. The van der Waals surface area contributed by atoms with Gasteiger partial charge in [-0.05, 0) is 62.3 Å². The second-order valence-corrected chi connectivity index (χ2v) is 10.5. The van der Waals surface area contributed by atoms with Crippen LogP contribution in [0.15, 0.2) is 9.79 Å². The molecule has 0 saturated heterocycles. The Bertz CT molecular complexity index is 1190. The van der Waals surface area contributed by atoms with Crippen LogP contribution in [0.5, 0.6) is 0 Å². The molecule has 16 heteroatoms. The molecule has 202 valence electrons. The van der Waals surface area contributed by atoms with Gasteiger partial charge in [0.05, 0.1) is 23.0 Å². The van der Waals surface area contributed by atoms with Crippen LogP contribution in [-0.4, -0.2) is 50.6 Å². The van der Waals surface area contributed by atoms with E-state index < -0.39 is 37.3 Å². The molecule has 38 heavy (non-hydrogen) atoms. The fourth-order valence-corrected chi connectivity index (χ4v) is 6.41. The number of hydrogen-bond donors (Lipinski definition) is 2. The molecule has 2 rings (SSSR count). The summed E-state index contributed by atoms with van der Waals surface area (Å²) in [5.41, 5.74) is 1.01. The highest BCUT2D eigenvalue weighted by molar-refractivity contribution is 8.04. The molecule has 0 aliphatic rings. The predicted molar refractivity (Wildman–Crippen MR) is 143 cm³/mol. The van der Waals surface area contributed by atoms with Crippen molar-refractivity contribution in [1.82, 2.24) is 0 Å². The highest BCUT2D eigenvalue weighted by Gasteiger charge is 2.24. The Labute approximate surface area is 234 Å². The summed E-state index contributed by atoms with van der Waals surface area (Å²) in [6.45, 7) is 5.89. The molecule has 0 spiro atoms. The number of nitrogens with zero attached hydrogens (tertiary/aromatic N) is 2. The number of amides is 2.